The molecule has 0 aliphatic carbocycles. The summed E-state index contributed by atoms with van der Waals surface area (Å²) in [5, 5.41) is 3.44. The Morgan fingerprint density at radius 1 is 1.39 bits per heavy atom. The maximum atomic E-state index is 13.2. The van der Waals surface area contributed by atoms with Gasteiger partial charge in [0.05, 0.1) is 6.61 Å². The molecule has 0 aromatic heterocycles. The highest BCUT2D eigenvalue weighted by atomic mass is 79.9. The lowest BCUT2D eigenvalue weighted by atomic mass is 10.1. The van der Waals surface area contributed by atoms with Gasteiger partial charge in [0.2, 0.25) is 0 Å². The largest absolute Gasteiger partial charge is 0.383 e. The van der Waals surface area contributed by atoms with Gasteiger partial charge in [0.15, 0.2) is 0 Å². The maximum absolute atomic E-state index is 13.2. The van der Waals surface area contributed by atoms with Gasteiger partial charge < -0.3 is 10.1 Å². The summed E-state index contributed by atoms with van der Waals surface area (Å²) < 4.78 is 19.2. The highest BCUT2D eigenvalue weighted by Crippen LogP contribution is 2.16. The predicted molar refractivity (Wildman–Crippen MR) is 76.4 cm³/mol. The maximum Gasteiger partial charge on any atom is 0.124 e. The molecular formula is C14H21BrFNO. The molecule has 4 heteroatoms. The second kappa shape index (κ2) is 8.62. The minimum atomic E-state index is -0.191. The molecule has 1 N–H and O–H groups in total. The molecule has 0 heterocycles. The molecular weight excluding hydrogens is 297 g/mol. The average Bonchev–Trinajstić information content (AvgIpc) is 2.31. The molecule has 102 valence electrons. The SMILES string of the molecule is CCCNC(CCc1cc(F)cc(Br)c1)COC. The second-order valence-electron chi connectivity index (χ2n) is 4.42. The second-order valence-corrected chi connectivity index (χ2v) is 5.34. The van der Waals surface area contributed by atoms with Crippen LogP contribution >= 0.6 is 15.9 Å². The molecule has 1 unspecified atom stereocenters. The standard InChI is InChI=1S/C14H21BrFNO/c1-3-6-17-14(10-18-2)5-4-11-7-12(15)9-13(16)8-11/h7-9,14,17H,3-6,10H2,1-2H3. The quantitative estimate of drug-likeness (QED) is 0.792. The van der Waals surface area contributed by atoms with Crippen molar-refractivity contribution in [1.82, 2.24) is 5.32 Å². The van der Waals surface area contributed by atoms with Crippen LogP contribution in [0.25, 0.3) is 0 Å². The minimum absolute atomic E-state index is 0.191. The van der Waals surface area contributed by atoms with E-state index in [9.17, 15) is 4.39 Å². The van der Waals surface area contributed by atoms with Crippen LogP contribution in [0.4, 0.5) is 4.39 Å². The molecule has 2 nitrogen and oxygen atoms in total. The van der Waals surface area contributed by atoms with Gasteiger partial charge in [-0.25, -0.2) is 4.39 Å². The van der Waals surface area contributed by atoms with E-state index in [-0.39, 0.29) is 5.82 Å². The Morgan fingerprint density at radius 3 is 2.78 bits per heavy atom. The van der Waals surface area contributed by atoms with Gasteiger partial charge in [-0.15, -0.1) is 0 Å². The molecule has 0 bridgehead atoms. The fraction of sp³-hybridized carbons (Fsp3) is 0.571. The van der Waals surface area contributed by atoms with Gasteiger partial charge in [-0.3, -0.25) is 0 Å². The van der Waals surface area contributed by atoms with E-state index in [1.54, 1.807) is 13.2 Å². The lowest BCUT2D eigenvalue weighted by Crippen LogP contribution is -2.34. The van der Waals surface area contributed by atoms with Crippen LogP contribution in [0.15, 0.2) is 22.7 Å². The van der Waals surface area contributed by atoms with Crippen molar-refractivity contribution in [1.29, 1.82) is 0 Å². The van der Waals surface area contributed by atoms with E-state index in [0.717, 1.165) is 35.8 Å². The first-order valence-electron chi connectivity index (χ1n) is 6.33. The zero-order valence-electron chi connectivity index (χ0n) is 11.0. The third-order valence-corrected chi connectivity index (χ3v) is 3.21. The first-order valence-corrected chi connectivity index (χ1v) is 7.12. The molecule has 0 aliphatic rings. The van der Waals surface area contributed by atoms with Crippen molar-refractivity contribution in [3.63, 3.8) is 0 Å². The van der Waals surface area contributed by atoms with Crippen LogP contribution in [-0.4, -0.2) is 26.3 Å². The van der Waals surface area contributed by atoms with Crippen molar-refractivity contribution < 1.29 is 9.13 Å². The Hall–Kier alpha value is -0.450. The van der Waals surface area contributed by atoms with Crippen LogP contribution in [-0.2, 0) is 11.2 Å². The van der Waals surface area contributed by atoms with Gasteiger partial charge in [-0.1, -0.05) is 22.9 Å². The third kappa shape index (κ3) is 5.94. The van der Waals surface area contributed by atoms with Crippen molar-refractivity contribution >= 4 is 15.9 Å². The lowest BCUT2D eigenvalue weighted by molar-refractivity contribution is 0.162. The van der Waals surface area contributed by atoms with Gasteiger partial charge in [0.1, 0.15) is 5.82 Å². The van der Waals surface area contributed by atoms with Gasteiger partial charge in [0, 0.05) is 17.6 Å². The monoisotopic (exact) mass is 317 g/mol. The average molecular weight is 318 g/mol. The van der Waals surface area contributed by atoms with Gasteiger partial charge in [0.25, 0.3) is 0 Å². The molecule has 0 radical (unpaired) electrons. The van der Waals surface area contributed by atoms with E-state index in [0.29, 0.717) is 12.6 Å². The molecule has 1 aromatic rings. The number of ether oxygens (including phenoxy) is 1. The van der Waals surface area contributed by atoms with Crippen molar-refractivity contribution in [2.45, 2.75) is 32.2 Å². The summed E-state index contributed by atoms with van der Waals surface area (Å²) in [5.41, 5.74) is 1.02. The topological polar surface area (TPSA) is 21.3 Å². The highest BCUT2D eigenvalue weighted by Gasteiger charge is 2.08. The van der Waals surface area contributed by atoms with Crippen LogP contribution in [0, 0.1) is 5.82 Å². The zero-order valence-corrected chi connectivity index (χ0v) is 12.6. The molecule has 0 spiro atoms. The number of halogens is 2. The van der Waals surface area contributed by atoms with Crippen LogP contribution in [0.5, 0.6) is 0 Å². The number of rotatable bonds is 8. The summed E-state index contributed by atoms with van der Waals surface area (Å²) in [5.74, 6) is -0.191. The van der Waals surface area contributed by atoms with E-state index < -0.39 is 0 Å². The van der Waals surface area contributed by atoms with E-state index in [1.165, 1.54) is 6.07 Å². The number of aryl methyl sites for hydroxylation is 1. The number of methoxy groups -OCH3 is 1. The number of benzene rings is 1. The van der Waals surface area contributed by atoms with E-state index in [2.05, 4.69) is 28.2 Å². The molecule has 0 fully saturated rings. The van der Waals surface area contributed by atoms with Gasteiger partial charge >= 0.3 is 0 Å². The number of nitrogens with one attached hydrogen (secondary N) is 1. The summed E-state index contributed by atoms with van der Waals surface area (Å²) in [7, 11) is 1.71. The molecule has 0 amide bonds. The zero-order chi connectivity index (χ0) is 13.4. The Bertz CT molecular complexity index is 339. The van der Waals surface area contributed by atoms with Crippen LogP contribution in [0.3, 0.4) is 0 Å². The van der Waals surface area contributed by atoms with Crippen molar-refractivity contribution in [2.24, 2.45) is 0 Å². The summed E-state index contributed by atoms with van der Waals surface area (Å²) in [4.78, 5) is 0. The lowest BCUT2D eigenvalue weighted by Gasteiger charge is -2.17. The van der Waals surface area contributed by atoms with E-state index >= 15 is 0 Å². The highest BCUT2D eigenvalue weighted by molar-refractivity contribution is 9.10. The molecule has 1 atom stereocenters. The smallest absolute Gasteiger partial charge is 0.124 e. The Kier molecular flexibility index (Phi) is 7.47. The van der Waals surface area contributed by atoms with Crippen molar-refractivity contribution in [3.8, 4) is 0 Å². The first kappa shape index (κ1) is 15.6. The fourth-order valence-corrected chi connectivity index (χ4v) is 2.40. The molecule has 0 aliphatic heterocycles. The third-order valence-electron chi connectivity index (χ3n) is 2.75. The van der Waals surface area contributed by atoms with Crippen molar-refractivity contribution in [2.75, 3.05) is 20.3 Å². The molecule has 1 rings (SSSR count). The Balaban J connectivity index is 2.49. The predicted octanol–water partition coefficient (Wildman–Crippen LogP) is 3.54. The van der Waals surface area contributed by atoms with Gasteiger partial charge in [-0.05, 0) is 49.6 Å². The van der Waals surface area contributed by atoms with E-state index in [1.807, 2.05) is 6.07 Å². The summed E-state index contributed by atoms with van der Waals surface area (Å²) in [6, 6.07) is 5.36. The van der Waals surface area contributed by atoms with Crippen LogP contribution in [0.1, 0.15) is 25.3 Å². The molecule has 18 heavy (non-hydrogen) atoms. The summed E-state index contributed by atoms with van der Waals surface area (Å²) >= 11 is 3.31. The molecule has 0 saturated carbocycles. The Labute approximate surface area is 117 Å². The number of hydrogen-bond acceptors (Lipinski definition) is 2. The van der Waals surface area contributed by atoms with Crippen LogP contribution < -0.4 is 5.32 Å². The van der Waals surface area contributed by atoms with Crippen molar-refractivity contribution in [3.05, 3.63) is 34.1 Å². The Morgan fingerprint density at radius 2 is 2.17 bits per heavy atom. The minimum Gasteiger partial charge on any atom is -0.383 e. The van der Waals surface area contributed by atoms with E-state index in [4.69, 9.17) is 4.74 Å². The molecule has 1 aromatic carbocycles. The van der Waals surface area contributed by atoms with Crippen LogP contribution in [0.2, 0.25) is 0 Å². The summed E-state index contributed by atoms with van der Waals surface area (Å²) in [6.07, 6.45) is 2.90. The fourth-order valence-electron chi connectivity index (χ4n) is 1.89. The normalized spacial score (nSPS) is 12.7. The summed E-state index contributed by atoms with van der Waals surface area (Å²) in [6.45, 7) is 3.82. The molecule has 0 saturated heterocycles. The van der Waals surface area contributed by atoms with Gasteiger partial charge in [-0.2, -0.15) is 0 Å². The number of hydrogen-bond donors (Lipinski definition) is 1. The first-order chi connectivity index (χ1) is 8.65.